The molecule has 4 nitrogen and oxygen atoms in total. The van der Waals surface area contributed by atoms with Gasteiger partial charge in [-0.3, -0.25) is 4.79 Å². The molecular formula is C10H21NO3. The molecule has 84 valence electrons. The van der Waals surface area contributed by atoms with Crippen molar-refractivity contribution < 1.29 is 14.3 Å². The van der Waals surface area contributed by atoms with Crippen LogP contribution in [0.1, 0.15) is 26.7 Å². The number of nitrogens with two attached hydrogens (primary N) is 1. The first-order chi connectivity index (χ1) is 6.60. The van der Waals surface area contributed by atoms with Crippen LogP contribution in [0.4, 0.5) is 0 Å². The summed E-state index contributed by atoms with van der Waals surface area (Å²) in [5, 5.41) is 0. The highest BCUT2D eigenvalue weighted by molar-refractivity contribution is 5.76. The second kappa shape index (κ2) is 6.79. The second-order valence-corrected chi connectivity index (χ2v) is 3.60. The molecule has 1 atom stereocenters. The number of hydrogen-bond acceptors (Lipinski definition) is 4. The first-order valence-corrected chi connectivity index (χ1v) is 4.97. The minimum absolute atomic E-state index is 0.210. The normalized spacial score (nSPS) is 14.9. The second-order valence-electron chi connectivity index (χ2n) is 3.60. The Hall–Kier alpha value is -0.610. The third kappa shape index (κ3) is 4.07. The van der Waals surface area contributed by atoms with Gasteiger partial charge < -0.3 is 15.2 Å². The standard InChI is InChI=1S/C10H21NO3/c1-4-10(2,8-11)9(12)14-7-5-6-13-3/h4-8,11H2,1-3H3. The molecule has 0 amide bonds. The van der Waals surface area contributed by atoms with Gasteiger partial charge in [-0.05, 0) is 13.3 Å². The minimum Gasteiger partial charge on any atom is -0.465 e. The van der Waals surface area contributed by atoms with Gasteiger partial charge in [0.25, 0.3) is 0 Å². The van der Waals surface area contributed by atoms with Gasteiger partial charge >= 0.3 is 5.97 Å². The number of carbonyl (C=O) groups excluding carboxylic acids is 1. The molecule has 0 aliphatic rings. The van der Waals surface area contributed by atoms with E-state index in [0.29, 0.717) is 26.2 Å². The molecular weight excluding hydrogens is 182 g/mol. The largest absolute Gasteiger partial charge is 0.465 e. The Bertz CT molecular complexity index is 167. The van der Waals surface area contributed by atoms with Crippen molar-refractivity contribution in [2.24, 2.45) is 11.1 Å². The van der Waals surface area contributed by atoms with E-state index in [9.17, 15) is 4.79 Å². The predicted octanol–water partition coefficient (Wildman–Crippen LogP) is 0.941. The smallest absolute Gasteiger partial charge is 0.313 e. The summed E-state index contributed by atoms with van der Waals surface area (Å²) in [6.07, 6.45) is 1.43. The molecule has 0 heterocycles. The molecule has 0 aromatic rings. The molecule has 0 rings (SSSR count). The maximum absolute atomic E-state index is 11.5. The lowest BCUT2D eigenvalue weighted by Crippen LogP contribution is -2.36. The van der Waals surface area contributed by atoms with Gasteiger partial charge in [0, 0.05) is 26.7 Å². The van der Waals surface area contributed by atoms with Crippen molar-refractivity contribution in [2.45, 2.75) is 26.7 Å². The monoisotopic (exact) mass is 203 g/mol. The van der Waals surface area contributed by atoms with Crippen molar-refractivity contribution in [3.63, 3.8) is 0 Å². The van der Waals surface area contributed by atoms with Gasteiger partial charge in [-0.25, -0.2) is 0 Å². The third-order valence-corrected chi connectivity index (χ3v) is 2.45. The molecule has 14 heavy (non-hydrogen) atoms. The van der Waals surface area contributed by atoms with Gasteiger partial charge in [-0.2, -0.15) is 0 Å². The Kier molecular flexibility index (Phi) is 6.49. The summed E-state index contributed by atoms with van der Waals surface area (Å²) in [6.45, 7) is 5.10. The third-order valence-electron chi connectivity index (χ3n) is 2.45. The molecule has 0 aliphatic carbocycles. The van der Waals surface area contributed by atoms with Gasteiger partial charge in [0.2, 0.25) is 0 Å². The number of methoxy groups -OCH3 is 1. The van der Waals surface area contributed by atoms with Crippen LogP contribution < -0.4 is 5.73 Å². The van der Waals surface area contributed by atoms with Crippen LogP contribution >= 0.6 is 0 Å². The molecule has 0 radical (unpaired) electrons. The van der Waals surface area contributed by atoms with E-state index in [4.69, 9.17) is 15.2 Å². The van der Waals surface area contributed by atoms with Gasteiger partial charge in [-0.1, -0.05) is 6.92 Å². The first kappa shape index (κ1) is 13.4. The highest BCUT2D eigenvalue weighted by atomic mass is 16.5. The van der Waals surface area contributed by atoms with Gasteiger partial charge in [0.1, 0.15) is 0 Å². The first-order valence-electron chi connectivity index (χ1n) is 4.97. The SMILES string of the molecule is CCC(C)(CN)C(=O)OCCCOC. The van der Waals surface area contributed by atoms with E-state index in [2.05, 4.69) is 0 Å². The van der Waals surface area contributed by atoms with Crippen LogP contribution in [0.25, 0.3) is 0 Å². The van der Waals surface area contributed by atoms with Gasteiger partial charge in [0.15, 0.2) is 0 Å². The van der Waals surface area contributed by atoms with E-state index >= 15 is 0 Å². The fourth-order valence-corrected chi connectivity index (χ4v) is 0.914. The number of hydrogen-bond donors (Lipinski definition) is 1. The van der Waals surface area contributed by atoms with Crippen LogP contribution in [0.2, 0.25) is 0 Å². The average Bonchev–Trinajstić information content (AvgIpc) is 2.22. The Morgan fingerprint density at radius 2 is 2.07 bits per heavy atom. The van der Waals surface area contributed by atoms with Gasteiger partial charge in [-0.15, -0.1) is 0 Å². The molecule has 2 N–H and O–H groups in total. The quantitative estimate of drug-likeness (QED) is 0.494. The zero-order chi connectivity index (χ0) is 11.0. The number of carbonyl (C=O) groups is 1. The summed E-state index contributed by atoms with van der Waals surface area (Å²) in [5.41, 5.74) is 4.99. The van der Waals surface area contributed by atoms with Crippen LogP contribution in [0.5, 0.6) is 0 Å². The lowest BCUT2D eigenvalue weighted by molar-refractivity contribution is -0.154. The van der Waals surface area contributed by atoms with E-state index in [-0.39, 0.29) is 5.97 Å². The van der Waals surface area contributed by atoms with E-state index < -0.39 is 5.41 Å². The Balaban J connectivity index is 3.82. The molecule has 0 aromatic heterocycles. The fraction of sp³-hybridized carbons (Fsp3) is 0.900. The van der Waals surface area contributed by atoms with Crippen molar-refractivity contribution in [3.8, 4) is 0 Å². The summed E-state index contributed by atoms with van der Waals surface area (Å²) in [7, 11) is 1.62. The van der Waals surface area contributed by atoms with E-state index in [1.54, 1.807) is 7.11 Å². The van der Waals surface area contributed by atoms with Crippen molar-refractivity contribution in [1.29, 1.82) is 0 Å². The maximum atomic E-state index is 11.5. The van der Waals surface area contributed by atoms with Crippen molar-refractivity contribution >= 4 is 5.97 Å². The van der Waals surface area contributed by atoms with E-state index in [1.807, 2.05) is 13.8 Å². The highest BCUT2D eigenvalue weighted by Crippen LogP contribution is 2.20. The van der Waals surface area contributed by atoms with Crippen molar-refractivity contribution in [2.75, 3.05) is 26.9 Å². The zero-order valence-electron chi connectivity index (χ0n) is 9.34. The molecule has 0 saturated carbocycles. The molecule has 4 heteroatoms. The minimum atomic E-state index is -0.535. The predicted molar refractivity (Wildman–Crippen MR) is 54.9 cm³/mol. The van der Waals surface area contributed by atoms with E-state index in [0.717, 1.165) is 6.42 Å². The van der Waals surface area contributed by atoms with Crippen LogP contribution in [0.15, 0.2) is 0 Å². The Morgan fingerprint density at radius 1 is 1.43 bits per heavy atom. The van der Waals surface area contributed by atoms with Crippen LogP contribution in [0, 0.1) is 5.41 Å². The van der Waals surface area contributed by atoms with Gasteiger partial charge in [0.05, 0.1) is 12.0 Å². The molecule has 0 aliphatic heterocycles. The fourth-order valence-electron chi connectivity index (χ4n) is 0.914. The molecule has 0 aromatic carbocycles. The number of ether oxygens (including phenoxy) is 2. The summed E-state index contributed by atoms with van der Waals surface area (Å²) in [6, 6.07) is 0. The van der Waals surface area contributed by atoms with Crippen molar-refractivity contribution in [1.82, 2.24) is 0 Å². The summed E-state index contributed by atoms with van der Waals surface area (Å²) >= 11 is 0. The lowest BCUT2D eigenvalue weighted by Gasteiger charge is -2.23. The van der Waals surface area contributed by atoms with Crippen LogP contribution in [0.3, 0.4) is 0 Å². The molecule has 1 unspecified atom stereocenters. The summed E-state index contributed by atoms with van der Waals surface area (Å²) in [5.74, 6) is -0.210. The van der Waals surface area contributed by atoms with Crippen LogP contribution in [-0.2, 0) is 14.3 Å². The summed E-state index contributed by atoms with van der Waals surface area (Å²) in [4.78, 5) is 11.5. The summed E-state index contributed by atoms with van der Waals surface area (Å²) < 4.78 is 9.94. The van der Waals surface area contributed by atoms with Crippen molar-refractivity contribution in [3.05, 3.63) is 0 Å². The Morgan fingerprint density at radius 3 is 2.50 bits per heavy atom. The zero-order valence-corrected chi connectivity index (χ0v) is 9.34. The molecule has 0 saturated heterocycles. The molecule has 0 bridgehead atoms. The molecule has 0 fully saturated rings. The highest BCUT2D eigenvalue weighted by Gasteiger charge is 2.31. The topological polar surface area (TPSA) is 61.6 Å². The van der Waals surface area contributed by atoms with E-state index in [1.165, 1.54) is 0 Å². The average molecular weight is 203 g/mol. The Labute approximate surface area is 85.8 Å². The number of esters is 1. The number of rotatable bonds is 7. The van der Waals surface area contributed by atoms with Crippen LogP contribution in [-0.4, -0.2) is 32.8 Å². The lowest BCUT2D eigenvalue weighted by atomic mass is 9.88. The maximum Gasteiger partial charge on any atom is 0.313 e. The molecule has 0 spiro atoms.